The highest BCUT2D eigenvalue weighted by molar-refractivity contribution is 6.27. The van der Waals surface area contributed by atoms with Crippen molar-refractivity contribution in [1.29, 1.82) is 5.41 Å². The van der Waals surface area contributed by atoms with Gasteiger partial charge in [-0.3, -0.25) is 10.2 Å². The fraction of sp³-hybridized carbons (Fsp3) is 0.792. The Balaban J connectivity index is 0.000000604. The molecule has 3 saturated carbocycles. The molecule has 0 aromatic carbocycles. The Kier molecular flexibility index (Phi) is 9.22. The molecular weight excluding hydrogens is 440 g/mol. The number of aliphatic carboxylic acids is 2. The van der Waals surface area contributed by atoms with Crippen molar-refractivity contribution < 1.29 is 29.7 Å². The molecule has 0 amide bonds. The van der Waals surface area contributed by atoms with E-state index in [9.17, 15) is 9.90 Å². The van der Waals surface area contributed by atoms with E-state index < -0.39 is 11.9 Å². The lowest BCUT2D eigenvalue weighted by Gasteiger charge is -2.58. The molecule has 0 aromatic rings. The molecule has 10 nitrogen and oxygen atoms in total. The van der Waals surface area contributed by atoms with Crippen molar-refractivity contribution in [3.63, 3.8) is 0 Å². The van der Waals surface area contributed by atoms with Gasteiger partial charge in [0.05, 0.1) is 6.10 Å². The third-order valence-electron chi connectivity index (χ3n) is 8.78. The summed E-state index contributed by atoms with van der Waals surface area (Å²) in [6.07, 6.45) is 10.3. The van der Waals surface area contributed by atoms with Crippen LogP contribution >= 0.6 is 0 Å². The molecule has 10 heteroatoms. The van der Waals surface area contributed by atoms with Crippen LogP contribution in [0.15, 0.2) is 5.10 Å². The van der Waals surface area contributed by atoms with E-state index in [2.05, 4.69) is 31.3 Å². The number of carbonyl (C=O) groups is 3. The molecule has 7 atom stereocenters. The second-order valence-corrected chi connectivity index (χ2v) is 10.5. The number of nitrogens with zero attached hydrogens (tertiary/aromatic N) is 1. The summed E-state index contributed by atoms with van der Waals surface area (Å²) in [6.45, 7) is 6.72. The number of carbonyl (C=O) groups excluding carboxylic acids is 1. The number of nitrogens with two attached hydrogens (primary N) is 1. The van der Waals surface area contributed by atoms with Crippen molar-refractivity contribution in [2.75, 3.05) is 0 Å². The number of carboxylic acids is 2. The van der Waals surface area contributed by atoms with Gasteiger partial charge in [0, 0.05) is 17.5 Å². The van der Waals surface area contributed by atoms with Crippen LogP contribution in [0.25, 0.3) is 0 Å². The first kappa shape index (κ1) is 27.8. The van der Waals surface area contributed by atoms with Crippen molar-refractivity contribution in [2.45, 2.75) is 84.7 Å². The monoisotopic (exact) mass is 480 g/mol. The van der Waals surface area contributed by atoms with Crippen LogP contribution in [0.1, 0.15) is 78.6 Å². The Morgan fingerprint density at radius 2 is 1.85 bits per heavy atom. The van der Waals surface area contributed by atoms with Crippen molar-refractivity contribution in [3.05, 3.63) is 0 Å². The number of hydrogen-bond donors (Lipinski definition) is 6. The number of hydrogen-bond acceptors (Lipinski definition) is 6. The van der Waals surface area contributed by atoms with E-state index in [-0.39, 0.29) is 34.7 Å². The molecule has 0 bridgehead atoms. The van der Waals surface area contributed by atoms with E-state index >= 15 is 0 Å². The second-order valence-electron chi connectivity index (χ2n) is 10.5. The van der Waals surface area contributed by atoms with Crippen LogP contribution in [-0.2, 0) is 14.4 Å². The predicted molar refractivity (Wildman–Crippen MR) is 127 cm³/mol. The Labute approximate surface area is 200 Å². The maximum atomic E-state index is 13.7. The Hall–Kier alpha value is -2.49. The van der Waals surface area contributed by atoms with E-state index in [1.807, 2.05) is 0 Å². The van der Waals surface area contributed by atoms with Crippen molar-refractivity contribution in [2.24, 2.45) is 45.3 Å². The molecule has 0 aromatic heterocycles. The average molecular weight is 481 g/mol. The van der Waals surface area contributed by atoms with Crippen LogP contribution in [0.2, 0.25) is 0 Å². The van der Waals surface area contributed by atoms with Gasteiger partial charge in [-0.05, 0) is 74.5 Å². The third-order valence-corrected chi connectivity index (χ3v) is 8.78. The summed E-state index contributed by atoms with van der Waals surface area (Å²) < 4.78 is 0. The number of Topliss-reactive ketones (excluding diaryl/α,β-unsaturated/α-hetero) is 1. The molecule has 0 unspecified atom stereocenters. The molecule has 3 aliphatic rings. The Bertz CT molecular complexity index is 805. The SMILES string of the molecule is CC[C@H](C/C=N\NC(=N)N)[C@@]1(C)CC[C@H]2[C@@H](CC[C@@H]3C[C@@H](O)CC[C@@]32C)C1=O.O=C(O)C(=O)O. The maximum absolute atomic E-state index is 13.7. The van der Waals surface area contributed by atoms with Crippen LogP contribution < -0.4 is 11.2 Å². The highest BCUT2D eigenvalue weighted by Gasteiger charge is 2.57. The fourth-order valence-electron chi connectivity index (χ4n) is 6.80. The Morgan fingerprint density at radius 3 is 2.41 bits per heavy atom. The summed E-state index contributed by atoms with van der Waals surface area (Å²) in [5.41, 5.74) is 7.65. The zero-order valence-corrected chi connectivity index (χ0v) is 20.4. The lowest BCUT2D eigenvalue weighted by molar-refractivity contribution is -0.159. The number of rotatable bonds is 5. The van der Waals surface area contributed by atoms with E-state index in [0.717, 1.165) is 57.8 Å². The van der Waals surface area contributed by atoms with Gasteiger partial charge in [-0.2, -0.15) is 5.10 Å². The molecule has 3 aliphatic carbocycles. The quantitative estimate of drug-likeness (QED) is 0.150. The van der Waals surface area contributed by atoms with Crippen LogP contribution in [0.5, 0.6) is 0 Å². The van der Waals surface area contributed by atoms with Crippen molar-refractivity contribution in [3.8, 4) is 0 Å². The topological polar surface area (TPSA) is 186 Å². The summed E-state index contributed by atoms with van der Waals surface area (Å²) >= 11 is 0. The summed E-state index contributed by atoms with van der Waals surface area (Å²) in [5.74, 6) is -1.87. The minimum absolute atomic E-state index is 0.147. The highest BCUT2D eigenvalue weighted by atomic mass is 16.4. The van der Waals surface area contributed by atoms with Crippen LogP contribution in [0.3, 0.4) is 0 Å². The Morgan fingerprint density at radius 1 is 1.21 bits per heavy atom. The van der Waals surface area contributed by atoms with Gasteiger partial charge in [-0.15, -0.1) is 0 Å². The van der Waals surface area contributed by atoms with Gasteiger partial charge in [-0.1, -0.05) is 27.2 Å². The first-order chi connectivity index (χ1) is 15.9. The first-order valence-corrected chi connectivity index (χ1v) is 12.2. The highest BCUT2D eigenvalue weighted by Crippen LogP contribution is 2.61. The number of aliphatic hydroxyl groups is 1. The second kappa shape index (κ2) is 11.3. The third kappa shape index (κ3) is 5.95. The van der Waals surface area contributed by atoms with Gasteiger partial charge in [-0.25, -0.2) is 15.0 Å². The normalized spacial score (nSPS) is 35.8. The minimum atomic E-state index is -1.82. The van der Waals surface area contributed by atoms with Crippen LogP contribution in [0, 0.1) is 39.9 Å². The molecule has 0 heterocycles. The van der Waals surface area contributed by atoms with Gasteiger partial charge in [0.1, 0.15) is 5.78 Å². The summed E-state index contributed by atoms with van der Waals surface area (Å²) in [5, 5.41) is 36.1. The molecular formula is C24H40N4O6. The number of aliphatic hydroxyl groups excluding tert-OH is 1. The number of hydrazone groups is 1. The molecule has 0 radical (unpaired) electrons. The zero-order chi connectivity index (χ0) is 25.7. The van der Waals surface area contributed by atoms with Gasteiger partial charge in [0.15, 0.2) is 0 Å². The predicted octanol–water partition coefficient (Wildman–Crippen LogP) is 2.59. The van der Waals surface area contributed by atoms with E-state index in [1.54, 1.807) is 6.21 Å². The smallest absolute Gasteiger partial charge is 0.414 e. The zero-order valence-electron chi connectivity index (χ0n) is 20.4. The lowest BCUT2D eigenvalue weighted by Crippen LogP contribution is -2.56. The number of guanidine groups is 1. The molecule has 3 rings (SSSR count). The van der Waals surface area contributed by atoms with Crippen LogP contribution in [-0.4, -0.2) is 51.3 Å². The van der Waals surface area contributed by atoms with Gasteiger partial charge in [0.2, 0.25) is 5.96 Å². The molecule has 0 aliphatic heterocycles. The largest absolute Gasteiger partial charge is 0.473 e. The lowest BCUT2D eigenvalue weighted by atomic mass is 9.46. The summed E-state index contributed by atoms with van der Waals surface area (Å²) in [6, 6.07) is 0. The molecule has 192 valence electrons. The van der Waals surface area contributed by atoms with Crippen molar-refractivity contribution >= 4 is 29.9 Å². The average Bonchev–Trinajstić information content (AvgIpc) is 2.77. The van der Waals surface area contributed by atoms with Gasteiger partial charge >= 0.3 is 11.9 Å². The number of ketones is 1. The van der Waals surface area contributed by atoms with Crippen molar-refractivity contribution in [1.82, 2.24) is 5.43 Å². The fourth-order valence-corrected chi connectivity index (χ4v) is 6.80. The summed E-state index contributed by atoms with van der Waals surface area (Å²) in [7, 11) is 0. The molecule has 7 N–H and O–H groups in total. The van der Waals surface area contributed by atoms with E-state index in [4.69, 9.17) is 30.9 Å². The number of nitrogens with one attached hydrogen (secondary N) is 2. The molecule has 34 heavy (non-hydrogen) atoms. The maximum Gasteiger partial charge on any atom is 0.414 e. The van der Waals surface area contributed by atoms with Crippen LogP contribution in [0.4, 0.5) is 0 Å². The first-order valence-electron chi connectivity index (χ1n) is 12.2. The van der Waals surface area contributed by atoms with Gasteiger partial charge in [0.25, 0.3) is 0 Å². The summed E-state index contributed by atoms with van der Waals surface area (Å²) in [4.78, 5) is 31.9. The van der Waals surface area contributed by atoms with E-state index in [1.165, 1.54) is 0 Å². The van der Waals surface area contributed by atoms with Gasteiger partial charge < -0.3 is 21.1 Å². The standard InChI is InChI=1S/C22H38N4O2.C2H2O4/c1-4-14(9-12-25-26-20(23)24)22(3)11-8-18-17(19(22)28)6-5-15-13-16(27)7-10-21(15,18)2;3-1(4)2(5)6/h12,14-18,27H,4-11,13H2,1-3H3,(H4,23,24,26);(H,3,4)(H,5,6)/b25-12-;/t14-,15-,16+,17-,18+,21+,22-;/m1./s1. The molecule has 0 spiro atoms. The number of fused-ring (bicyclic) bond motifs is 3. The molecule has 0 saturated heterocycles. The number of carboxylic acid groups (broad SMARTS) is 2. The van der Waals surface area contributed by atoms with E-state index in [0.29, 0.717) is 17.6 Å². The minimum Gasteiger partial charge on any atom is -0.473 e. The molecule has 3 fully saturated rings.